The molecule has 1 aromatic carbocycles. The number of aliphatic hydroxyl groups excluding tert-OH is 1. The summed E-state index contributed by atoms with van der Waals surface area (Å²) in [7, 11) is 0. The molecule has 4 rings (SSSR count). The molecule has 0 amide bonds. The third-order valence-corrected chi connectivity index (χ3v) is 8.36. The van der Waals surface area contributed by atoms with Crippen LogP contribution in [0.15, 0.2) is 43.0 Å². The van der Waals surface area contributed by atoms with Gasteiger partial charge in [-0.15, -0.1) is 0 Å². The summed E-state index contributed by atoms with van der Waals surface area (Å²) in [6, 6.07) is 7.67. The number of carbonyl (C=O) groups is 1. The molecule has 12 nitrogen and oxygen atoms in total. The number of hydrogen-bond donors (Lipinski definition) is 3. The number of carbonyl (C=O) groups excluding carboxylic acids is 1. The number of hydrogen-bond acceptors (Lipinski definition) is 11. The maximum absolute atomic E-state index is 15.6. The van der Waals surface area contributed by atoms with E-state index in [0.29, 0.717) is 5.75 Å². The summed E-state index contributed by atoms with van der Waals surface area (Å²) in [6.45, 7) is 1.07. The van der Waals surface area contributed by atoms with Gasteiger partial charge in [0.05, 0.1) is 19.0 Å². The number of anilines is 1. The van der Waals surface area contributed by atoms with E-state index in [9.17, 15) is 9.90 Å². The molecule has 0 spiro atoms. The number of nitrogens with two attached hydrogens (primary N) is 1. The molecule has 0 radical (unpaired) electrons. The van der Waals surface area contributed by atoms with Gasteiger partial charge in [-0.25, -0.2) is 24.4 Å². The van der Waals surface area contributed by atoms with Crippen molar-refractivity contribution in [2.24, 2.45) is 0 Å². The van der Waals surface area contributed by atoms with E-state index >= 15 is 4.39 Å². The predicted octanol–water partition coefficient (Wildman–Crippen LogP) is 2.82. The minimum Gasteiger partial charge on any atom is -0.462 e. The Morgan fingerprint density at radius 2 is 2.05 bits per heavy atom. The van der Waals surface area contributed by atoms with Crippen molar-refractivity contribution in [2.45, 2.75) is 56.5 Å². The number of rotatable bonds is 10. The number of nitrogens with zero attached hydrogens (tertiary/aromatic N) is 4. The van der Waals surface area contributed by atoms with E-state index < -0.39 is 48.8 Å². The van der Waals surface area contributed by atoms with E-state index in [4.69, 9.17) is 47.7 Å². The first-order chi connectivity index (χ1) is 17.9. The summed E-state index contributed by atoms with van der Waals surface area (Å²) in [5, 5.41) is 10.8. The van der Waals surface area contributed by atoms with Crippen LogP contribution in [0.1, 0.15) is 27.0 Å². The van der Waals surface area contributed by atoms with E-state index in [1.807, 2.05) is 0 Å². The van der Waals surface area contributed by atoms with Gasteiger partial charge in [-0.1, -0.05) is 29.8 Å². The summed E-state index contributed by atoms with van der Waals surface area (Å²) in [5.74, 6) is -0.109. The van der Waals surface area contributed by atoms with Crippen LogP contribution in [-0.4, -0.2) is 66.7 Å². The molecule has 3 heterocycles. The topological polar surface area (TPSA) is 156 Å². The van der Waals surface area contributed by atoms with Gasteiger partial charge in [-0.3, -0.25) is 9.36 Å². The fourth-order valence-electron chi connectivity index (χ4n) is 3.65. The van der Waals surface area contributed by atoms with Gasteiger partial charge >= 0.3 is 12.6 Å². The first-order valence-corrected chi connectivity index (χ1v) is 14.5. The molecule has 3 aromatic rings. The maximum atomic E-state index is 15.6. The van der Waals surface area contributed by atoms with Gasteiger partial charge in [-0.2, -0.15) is 0 Å². The Morgan fingerprint density at radius 1 is 1.34 bits per heavy atom. The van der Waals surface area contributed by atoms with Gasteiger partial charge in [0.15, 0.2) is 17.7 Å². The number of esters is 1. The van der Waals surface area contributed by atoms with Crippen molar-refractivity contribution < 1.29 is 32.8 Å². The van der Waals surface area contributed by atoms with Crippen LogP contribution in [0.3, 0.4) is 0 Å². The highest BCUT2D eigenvalue weighted by molar-refractivity contribution is 8.09. The van der Waals surface area contributed by atoms with Crippen molar-refractivity contribution >= 4 is 53.0 Å². The monoisotopic (exact) mass is 588 g/mol. The number of benzene rings is 1. The number of aliphatic hydroxyl groups is 1. The molecule has 1 aliphatic rings. The molecule has 16 heteroatoms. The highest BCUT2D eigenvalue weighted by atomic mass is 35.5. The molecule has 1 saturated heterocycles. The Balaban J connectivity index is 1.54. The Bertz CT molecular complexity index is 1330. The van der Waals surface area contributed by atoms with Crippen LogP contribution < -0.4 is 15.3 Å². The lowest BCUT2D eigenvalue weighted by molar-refractivity contribution is -0.149. The molecule has 0 aliphatic carbocycles. The number of alkyl halides is 2. The molecule has 2 aromatic heterocycles. The second kappa shape index (κ2) is 11.3. The third-order valence-electron chi connectivity index (χ3n) is 5.45. The fraction of sp³-hybridized carbons (Fsp3) is 0.455. The van der Waals surface area contributed by atoms with Gasteiger partial charge in [0.2, 0.25) is 0 Å². The van der Waals surface area contributed by atoms with Crippen molar-refractivity contribution in [2.75, 3.05) is 12.3 Å². The quantitative estimate of drug-likeness (QED) is 0.181. The molecule has 0 unspecified atom stereocenters. The predicted molar refractivity (Wildman–Crippen MR) is 140 cm³/mol. The summed E-state index contributed by atoms with van der Waals surface area (Å²) < 4.78 is 39.6. The second-order valence-corrected chi connectivity index (χ2v) is 12.5. The standard InChI is InChI=1S/C22H27ClFN6O6PS/c1-12(2)34-20(32)13(3)29-37(38,36-14-7-5-4-6-8-14)33-9-15-17(31)22(23,24)21(35-15)30-11-28-16-18(25)26-10-27-19(16)30/h4-8,10-13,15,17,21,31H,9H2,1-3H3,(H,29,38)(H2,25,26,27)/t13-,15+,17+,21+,22-,37-/m0/s1. The number of halogens is 2. The average Bonchev–Trinajstić information content (AvgIpc) is 3.37. The summed E-state index contributed by atoms with van der Waals surface area (Å²) in [4.78, 5) is 24.4. The van der Waals surface area contributed by atoms with Crippen LogP contribution in [0.25, 0.3) is 11.2 Å². The highest BCUT2D eigenvalue weighted by Gasteiger charge is 2.58. The number of para-hydroxylation sites is 1. The molecule has 0 bridgehead atoms. The lowest BCUT2D eigenvalue weighted by Crippen LogP contribution is -2.40. The minimum absolute atomic E-state index is 0.0844. The van der Waals surface area contributed by atoms with Crippen molar-refractivity contribution in [1.29, 1.82) is 0 Å². The molecule has 1 aliphatic heterocycles. The highest BCUT2D eigenvalue weighted by Crippen LogP contribution is 2.49. The zero-order valence-electron chi connectivity index (χ0n) is 20.6. The van der Waals surface area contributed by atoms with Gasteiger partial charge < -0.3 is 29.4 Å². The number of ether oxygens (including phenoxy) is 2. The van der Waals surface area contributed by atoms with Gasteiger partial charge in [-0.05, 0) is 44.7 Å². The Labute approximate surface area is 227 Å². The molecule has 6 atom stereocenters. The molecule has 38 heavy (non-hydrogen) atoms. The normalized spacial score (nSPS) is 25.8. The number of aromatic nitrogens is 4. The molecule has 206 valence electrons. The summed E-state index contributed by atoms with van der Waals surface area (Å²) in [5.41, 5.74) is 6.19. The number of fused-ring (bicyclic) bond motifs is 1. The summed E-state index contributed by atoms with van der Waals surface area (Å²) >= 11 is 11.8. The Hall–Kier alpha value is -2.45. The first-order valence-electron chi connectivity index (χ1n) is 11.5. The van der Waals surface area contributed by atoms with Crippen LogP contribution in [0.5, 0.6) is 5.75 Å². The van der Waals surface area contributed by atoms with Gasteiger partial charge in [0.25, 0.3) is 5.13 Å². The van der Waals surface area contributed by atoms with Crippen molar-refractivity contribution in [3.8, 4) is 5.75 Å². The zero-order chi connectivity index (χ0) is 27.7. The molecule has 4 N–H and O–H groups in total. The number of nitrogen functional groups attached to an aromatic ring is 1. The molecule has 1 fully saturated rings. The van der Waals surface area contributed by atoms with Crippen molar-refractivity contribution in [3.63, 3.8) is 0 Å². The smallest absolute Gasteiger partial charge is 0.323 e. The zero-order valence-corrected chi connectivity index (χ0v) is 23.1. The average molecular weight is 589 g/mol. The second-order valence-electron chi connectivity index (χ2n) is 8.76. The largest absolute Gasteiger partial charge is 0.462 e. The van der Waals surface area contributed by atoms with E-state index in [1.54, 1.807) is 51.1 Å². The molecule has 0 saturated carbocycles. The van der Waals surface area contributed by atoms with Crippen molar-refractivity contribution in [3.05, 3.63) is 43.0 Å². The molecular formula is C22H27ClFN6O6PS. The Morgan fingerprint density at radius 3 is 2.74 bits per heavy atom. The molecular weight excluding hydrogens is 562 g/mol. The van der Waals surface area contributed by atoms with E-state index in [0.717, 1.165) is 0 Å². The lowest BCUT2D eigenvalue weighted by atomic mass is 10.1. The maximum Gasteiger partial charge on any atom is 0.323 e. The third kappa shape index (κ3) is 6.07. The van der Waals surface area contributed by atoms with Crippen LogP contribution in [0.2, 0.25) is 0 Å². The van der Waals surface area contributed by atoms with E-state index in [1.165, 1.54) is 17.2 Å². The SMILES string of the molecule is CC(C)OC(=O)[C@H](C)N[P@](=S)(OC[C@H]1O[C@@H](n2cnc3c(N)ncnc32)[C@](F)(Cl)[C@@H]1O)Oc1ccccc1. The van der Waals surface area contributed by atoms with Gasteiger partial charge in [0, 0.05) is 0 Å². The number of imidazole rings is 1. The lowest BCUT2D eigenvalue weighted by Gasteiger charge is -2.28. The van der Waals surface area contributed by atoms with Crippen molar-refractivity contribution in [1.82, 2.24) is 24.6 Å². The summed E-state index contributed by atoms with van der Waals surface area (Å²) in [6.07, 6.45) is -2.58. The fourth-order valence-corrected chi connectivity index (χ4v) is 6.37. The van der Waals surface area contributed by atoms with Crippen LogP contribution in [0, 0.1) is 0 Å². The minimum atomic E-state index is -3.47. The Kier molecular flexibility index (Phi) is 8.52. The van der Waals surface area contributed by atoms with Crippen LogP contribution in [-0.2, 0) is 30.6 Å². The number of nitrogens with one attached hydrogen (secondary N) is 1. The van der Waals surface area contributed by atoms with Gasteiger partial charge in [0.1, 0.15) is 35.8 Å². The van der Waals surface area contributed by atoms with Crippen LogP contribution in [0.4, 0.5) is 10.2 Å². The van der Waals surface area contributed by atoms with E-state index in [-0.39, 0.29) is 23.1 Å². The van der Waals surface area contributed by atoms with Crippen LogP contribution >= 0.6 is 18.2 Å². The van der Waals surface area contributed by atoms with E-state index in [2.05, 4.69) is 20.0 Å². The first kappa shape index (κ1) is 28.6.